The Morgan fingerprint density at radius 1 is 1.19 bits per heavy atom. The van der Waals surface area contributed by atoms with E-state index in [2.05, 4.69) is 25.4 Å². The molecule has 0 aliphatic heterocycles. The number of nitrogens with one attached hydrogen (secondary N) is 3. The summed E-state index contributed by atoms with van der Waals surface area (Å²) in [5.74, 6) is -0.298. The summed E-state index contributed by atoms with van der Waals surface area (Å²) in [6.07, 6.45) is 2.94. The zero-order valence-corrected chi connectivity index (χ0v) is 14.2. The quantitative estimate of drug-likeness (QED) is 0.528. The third kappa shape index (κ3) is 2.57. The summed E-state index contributed by atoms with van der Waals surface area (Å²) in [5, 5.41) is 7.03. The highest BCUT2D eigenvalue weighted by Gasteiger charge is 2.17. The van der Waals surface area contributed by atoms with Gasteiger partial charge in [0.2, 0.25) is 0 Å². The van der Waals surface area contributed by atoms with Crippen LogP contribution in [0.2, 0.25) is 0 Å². The van der Waals surface area contributed by atoms with Gasteiger partial charge in [0.05, 0.1) is 28.0 Å². The lowest BCUT2D eigenvalue weighted by atomic mass is 10.1. The molecule has 8 nitrogen and oxygen atoms in total. The molecular weight excluding hydrogens is 332 g/mol. The highest BCUT2D eigenvalue weighted by atomic mass is 16.2. The third-order valence-electron chi connectivity index (χ3n) is 4.39. The minimum absolute atomic E-state index is 0.298. The van der Waals surface area contributed by atoms with E-state index in [1.807, 2.05) is 26.0 Å². The minimum atomic E-state index is -0.316. The van der Waals surface area contributed by atoms with Crippen LogP contribution in [0.3, 0.4) is 0 Å². The number of hydrogen-bond donors (Lipinski definition) is 3. The molecule has 2 aromatic heterocycles. The van der Waals surface area contributed by atoms with Gasteiger partial charge in [-0.1, -0.05) is 12.1 Å². The van der Waals surface area contributed by atoms with Crippen LogP contribution in [0.5, 0.6) is 0 Å². The number of amides is 1. The number of aromatic amines is 2. The number of aromatic nitrogens is 5. The molecule has 0 unspecified atom stereocenters. The number of nitrogens with zero attached hydrogens (tertiary/aromatic N) is 3. The molecule has 2 heterocycles. The number of aryl methyl sites for hydroxylation is 1. The fourth-order valence-electron chi connectivity index (χ4n) is 2.95. The second-order valence-electron chi connectivity index (χ2n) is 6.01. The molecule has 4 aromatic rings. The van der Waals surface area contributed by atoms with Crippen molar-refractivity contribution in [3.05, 3.63) is 70.2 Å². The van der Waals surface area contributed by atoms with E-state index in [1.54, 1.807) is 18.2 Å². The Labute approximate surface area is 147 Å². The number of carbonyl (C=O) groups is 1. The molecule has 8 heteroatoms. The molecule has 2 aromatic carbocycles. The van der Waals surface area contributed by atoms with Crippen LogP contribution in [0.15, 0.2) is 47.8 Å². The van der Waals surface area contributed by atoms with Crippen LogP contribution in [0, 0.1) is 13.8 Å². The van der Waals surface area contributed by atoms with Crippen LogP contribution in [-0.2, 0) is 0 Å². The molecule has 26 heavy (non-hydrogen) atoms. The summed E-state index contributed by atoms with van der Waals surface area (Å²) in [5.41, 5.74) is 4.41. The molecular formula is C18H16N6O2. The number of hydrogen-bond acceptors (Lipinski definition) is 4. The highest BCUT2D eigenvalue weighted by Crippen LogP contribution is 2.28. The van der Waals surface area contributed by atoms with E-state index in [0.717, 1.165) is 11.1 Å². The Bertz CT molecular complexity index is 1170. The molecule has 0 saturated heterocycles. The van der Waals surface area contributed by atoms with E-state index >= 15 is 0 Å². The number of para-hydroxylation sites is 1. The zero-order valence-electron chi connectivity index (χ0n) is 14.2. The van der Waals surface area contributed by atoms with Gasteiger partial charge in [-0.25, -0.2) is 14.5 Å². The van der Waals surface area contributed by atoms with Crippen LogP contribution >= 0.6 is 0 Å². The molecule has 0 atom stereocenters. The first-order valence-corrected chi connectivity index (χ1v) is 8.02. The van der Waals surface area contributed by atoms with E-state index in [4.69, 9.17) is 0 Å². The van der Waals surface area contributed by atoms with Gasteiger partial charge >= 0.3 is 5.69 Å². The highest BCUT2D eigenvalue weighted by molar-refractivity contribution is 6.10. The van der Waals surface area contributed by atoms with Crippen molar-refractivity contribution in [2.45, 2.75) is 13.8 Å². The van der Waals surface area contributed by atoms with Crippen molar-refractivity contribution in [2.75, 3.05) is 5.32 Å². The van der Waals surface area contributed by atoms with E-state index < -0.39 is 0 Å². The Morgan fingerprint density at radius 3 is 2.77 bits per heavy atom. The smallest absolute Gasteiger partial charge is 0.320 e. The van der Waals surface area contributed by atoms with Crippen molar-refractivity contribution in [3.63, 3.8) is 0 Å². The molecule has 130 valence electrons. The molecule has 0 radical (unpaired) electrons. The zero-order chi connectivity index (χ0) is 18.3. The molecule has 0 spiro atoms. The Kier molecular flexibility index (Phi) is 3.65. The summed E-state index contributed by atoms with van der Waals surface area (Å²) in [6, 6.07) is 9.00. The van der Waals surface area contributed by atoms with E-state index in [0.29, 0.717) is 28.0 Å². The minimum Gasteiger partial charge on any atom is -0.320 e. The molecule has 3 N–H and O–H groups in total. The number of imidazole rings is 1. The van der Waals surface area contributed by atoms with Gasteiger partial charge in [0.15, 0.2) is 0 Å². The first-order chi connectivity index (χ1) is 12.5. The van der Waals surface area contributed by atoms with Gasteiger partial charge in [0.1, 0.15) is 12.7 Å². The summed E-state index contributed by atoms with van der Waals surface area (Å²) >= 11 is 0. The van der Waals surface area contributed by atoms with Crippen molar-refractivity contribution in [2.24, 2.45) is 0 Å². The van der Waals surface area contributed by atoms with Crippen molar-refractivity contribution in [3.8, 4) is 5.69 Å². The second-order valence-corrected chi connectivity index (χ2v) is 6.01. The fraction of sp³-hybridized carbons (Fsp3) is 0.111. The molecule has 1 amide bonds. The summed E-state index contributed by atoms with van der Waals surface area (Å²) in [4.78, 5) is 34.1. The summed E-state index contributed by atoms with van der Waals surface area (Å²) in [7, 11) is 0. The molecule has 0 aliphatic carbocycles. The normalized spacial score (nSPS) is 11.0. The standard InChI is InChI=1S/C18H16N6O2/c1-10-7-13-16(23-18(26)21-13)15(11(10)2)22-17(25)12-5-3-4-6-14(12)24-9-19-8-20-24/h3-9H,1-2H3,(H,22,25)(H2,21,23,26). The van der Waals surface area contributed by atoms with Gasteiger partial charge in [-0.3, -0.25) is 4.79 Å². The second kappa shape index (κ2) is 5.99. The largest absolute Gasteiger partial charge is 0.323 e. The SMILES string of the molecule is Cc1cc2[nH]c(=O)[nH]c2c(NC(=O)c2ccccc2-n2cncn2)c1C. The number of anilines is 1. The number of carbonyl (C=O) groups excluding carboxylic acids is 1. The molecule has 0 aliphatic rings. The van der Waals surface area contributed by atoms with Crippen molar-refractivity contribution < 1.29 is 4.79 Å². The van der Waals surface area contributed by atoms with Crippen molar-refractivity contribution in [1.29, 1.82) is 0 Å². The average molecular weight is 348 g/mol. The fourth-order valence-corrected chi connectivity index (χ4v) is 2.95. The maximum Gasteiger partial charge on any atom is 0.323 e. The molecule has 0 bridgehead atoms. The average Bonchev–Trinajstić information content (AvgIpc) is 3.28. The van der Waals surface area contributed by atoms with Gasteiger partial charge in [0.25, 0.3) is 5.91 Å². The van der Waals surface area contributed by atoms with Crippen LogP contribution in [0.25, 0.3) is 16.7 Å². The molecule has 4 rings (SSSR count). The lowest BCUT2D eigenvalue weighted by Gasteiger charge is -2.14. The number of fused-ring (bicyclic) bond motifs is 1. The maximum absolute atomic E-state index is 13.0. The number of rotatable bonds is 3. The Hall–Kier alpha value is -3.68. The topological polar surface area (TPSA) is 108 Å². The van der Waals surface area contributed by atoms with E-state index in [-0.39, 0.29) is 11.6 Å². The van der Waals surface area contributed by atoms with Gasteiger partial charge in [-0.05, 0) is 43.2 Å². The third-order valence-corrected chi connectivity index (χ3v) is 4.39. The maximum atomic E-state index is 13.0. The predicted molar refractivity (Wildman–Crippen MR) is 97.7 cm³/mol. The lowest BCUT2D eigenvalue weighted by molar-refractivity contribution is 0.102. The van der Waals surface area contributed by atoms with E-state index in [1.165, 1.54) is 17.3 Å². The van der Waals surface area contributed by atoms with E-state index in [9.17, 15) is 9.59 Å². The monoisotopic (exact) mass is 348 g/mol. The molecule has 0 saturated carbocycles. The van der Waals surface area contributed by atoms with Crippen molar-refractivity contribution in [1.82, 2.24) is 24.7 Å². The first kappa shape index (κ1) is 15.8. The molecule has 0 fully saturated rings. The Balaban J connectivity index is 1.80. The van der Waals surface area contributed by atoms with Gasteiger partial charge in [-0.15, -0.1) is 0 Å². The van der Waals surface area contributed by atoms with Crippen LogP contribution in [-0.4, -0.2) is 30.6 Å². The van der Waals surface area contributed by atoms with Gasteiger partial charge < -0.3 is 15.3 Å². The predicted octanol–water partition coefficient (Wildman–Crippen LogP) is 2.31. The lowest BCUT2D eigenvalue weighted by Crippen LogP contribution is -2.16. The van der Waals surface area contributed by atoms with Crippen LogP contribution in [0.4, 0.5) is 5.69 Å². The van der Waals surface area contributed by atoms with Gasteiger partial charge in [-0.2, -0.15) is 5.10 Å². The summed E-state index contributed by atoms with van der Waals surface area (Å²) in [6.45, 7) is 3.83. The van der Waals surface area contributed by atoms with Gasteiger partial charge in [0, 0.05) is 0 Å². The summed E-state index contributed by atoms with van der Waals surface area (Å²) < 4.78 is 1.53. The number of H-pyrrole nitrogens is 2. The Morgan fingerprint density at radius 2 is 2.00 bits per heavy atom. The van der Waals surface area contributed by atoms with Crippen LogP contribution < -0.4 is 11.0 Å². The number of benzene rings is 2. The first-order valence-electron chi connectivity index (χ1n) is 8.02. The van der Waals surface area contributed by atoms with Crippen molar-refractivity contribution >= 4 is 22.6 Å². The van der Waals surface area contributed by atoms with Crippen LogP contribution in [0.1, 0.15) is 21.5 Å².